The minimum Gasteiger partial charge on any atom is -0.465 e. The summed E-state index contributed by atoms with van der Waals surface area (Å²) in [5.41, 5.74) is 10.2. The fourth-order valence-corrected chi connectivity index (χ4v) is 16.1. The van der Waals surface area contributed by atoms with Crippen LogP contribution in [-0.4, -0.2) is 53.6 Å². The molecule has 0 spiro atoms. The van der Waals surface area contributed by atoms with E-state index < -0.39 is 18.3 Å². The molecule has 0 amide bonds. The van der Waals surface area contributed by atoms with Crippen molar-refractivity contribution in [3.63, 3.8) is 0 Å². The molecular formula is C90H66BIN2O6. The summed E-state index contributed by atoms with van der Waals surface area (Å²) in [4.78, 5) is 23.8. The predicted molar refractivity (Wildman–Crippen MR) is 425 cm³/mol. The van der Waals surface area contributed by atoms with Crippen molar-refractivity contribution in [3.05, 3.63) is 306 Å². The Balaban J connectivity index is 0.000000130. The summed E-state index contributed by atoms with van der Waals surface area (Å²) >= 11 is 2.10. The van der Waals surface area contributed by atoms with Crippen molar-refractivity contribution >= 4 is 177 Å². The third-order valence-corrected chi connectivity index (χ3v) is 21.6. The van der Waals surface area contributed by atoms with E-state index in [0.717, 1.165) is 42.4 Å². The van der Waals surface area contributed by atoms with E-state index in [-0.39, 0.29) is 11.9 Å². The maximum absolute atomic E-state index is 12.8. The number of nitrogens with zero attached hydrogens (tertiary/aromatic N) is 2. The van der Waals surface area contributed by atoms with Crippen molar-refractivity contribution in [1.82, 2.24) is 9.13 Å². The zero-order chi connectivity index (χ0) is 68.1. The van der Waals surface area contributed by atoms with Gasteiger partial charge in [0.25, 0.3) is 0 Å². The number of para-hydroxylation sites is 2. The first-order valence-electron chi connectivity index (χ1n) is 33.7. The summed E-state index contributed by atoms with van der Waals surface area (Å²) in [6.45, 7) is 8.45. The van der Waals surface area contributed by atoms with Crippen LogP contribution in [0.4, 0.5) is 0 Å². The number of methoxy groups -OCH3 is 2. The molecule has 0 unspecified atom stereocenters. The number of hydrogen-bond acceptors (Lipinski definition) is 6. The summed E-state index contributed by atoms with van der Waals surface area (Å²) in [5.74, 6) is -0.623. The summed E-state index contributed by atoms with van der Waals surface area (Å²) in [6.07, 6.45) is 0. The van der Waals surface area contributed by atoms with Gasteiger partial charge in [0.15, 0.2) is 0 Å². The molecule has 10 heteroatoms. The minimum absolute atomic E-state index is 0.282. The number of fused-ring (bicyclic) bond motifs is 26. The van der Waals surface area contributed by atoms with Crippen molar-refractivity contribution in [2.45, 2.75) is 38.9 Å². The van der Waals surface area contributed by atoms with Crippen LogP contribution in [0.15, 0.2) is 291 Å². The number of benzene rings is 16. The molecule has 482 valence electrons. The van der Waals surface area contributed by atoms with E-state index in [0.29, 0.717) is 11.1 Å². The molecule has 1 saturated heterocycles. The van der Waals surface area contributed by atoms with Gasteiger partial charge in [0, 0.05) is 58.0 Å². The van der Waals surface area contributed by atoms with E-state index in [2.05, 4.69) is 307 Å². The van der Waals surface area contributed by atoms with Crippen LogP contribution >= 0.6 is 22.6 Å². The second kappa shape index (κ2) is 24.7. The Labute approximate surface area is 591 Å². The number of carbonyl (C=O) groups is 2. The van der Waals surface area contributed by atoms with E-state index >= 15 is 0 Å². The number of halogens is 1. The summed E-state index contributed by atoms with van der Waals surface area (Å²) in [7, 11) is 2.38. The van der Waals surface area contributed by atoms with E-state index in [1.54, 1.807) is 6.07 Å². The highest BCUT2D eigenvalue weighted by molar-refractivity contribution is 14.1. The molecule has 100 heavy (non-hydrogen) atoms. The van der Waals surface area contributed by atoms with Crippen LogP contribution < -0.4 is 5.46 Å². The molecule has 1 aliphatic heterocycles. The first-order chi connectivity index (χ1) is 48.8. The summed E-state index contributed by atoms with van der Waals surface area (Å²) in [6, 6.07) is 103. The van der Waals surface area contributed by atoms with Crippen LogP contribution in [0.1, 0.15) is 48.4 Å². The fraction of sp³-hybridized carbons (Fsp3) is 0.0889. The first-order valence-corrected chi connectivity index (χ1v) is 34.8. The largest absolute Gasteiger partial charge is 0.494 e. The summed E-state index contributed by atoms with van der Waals surface area (Å²) in [5, 5.41) is 24.9. The Morgan fingerprint density at radius 1 is 0.340 bits per heavy atom. The minimum atomic E-state index is -0.434. The first kappa shape index (κ1) is 62.4. The van der Waals surface area contributed by atoms with Gasteiger partial charge in [-0.3, -0.25) is 0 Å². The molecule has 0 atom stereocenters. The Morgan fingerprint density at radius 2 is 0.670 bits per heavy atom. The molecule has 0 saturated carbocycles. The van der Waals surface area contributed by atoms with Crippen LogP contribution in [0.25, 0.3) is 152 Å². The number of hydrogen-bond donors (Lipinski definition) is 0. The Bertz CT molecular complexity index is 6380. The second-order valence-corrected chi connectivity index (χ2v) is 27.8. The molecule has 8 nitrogen and oxygen atoms in total. The average molecular weight is 1410 g/mol. The van der Waals surface area contributed by atoms with Crippen LogP contribution in [0.2, 0.25) is 0 Å². The van der Waals surface area contributed by atoms with Gasteiger partial charge in [0.1, 0.15) is 0 Å². The van der Waals surface area contributed by atoms with Crippen molar-refractivity contribution in [1.29, 1.82) is 0 Å². The van der Waals surface area contributed by atoms with Gasteiger partial charge in [-0.2, -0.15) is 0 Å². The highest BCUT2D eigenvalue weighted by atomic mass is 127. The number of ether oxygens (including phenoxy) is 2. The number of rotatable bonds is 6. The molecule has 2 aromatic heterocycles. The lowest BCUT2D eigenvalue weighted by molar-refractivity contribution is 0.00578. The van der Waals surface area contributed by atoms with Crippen molar-refractivity contribution in [2.24, 2.45) is 0 Å². The summed E-state index contributed by atoms with van der Waals surface area (Å²) < 4.78 is 28.6. The lowest BCUT2D eigenvalue weighted by atomic mass is 9.78. The van der Waals surface area contributed by atoms with Gasteiger partial charge < -0.3 is 27.9 Å². The van der Waals surface area contributed by atoms with Gasteiger partial charge in [-0.05, 0) is 192 Å². The molecule has 19 rings (SSSR count). The van der Waals surface area contributed by atoms with Crippen molar-refractivity contribution in [2.75, 3.05) is 14.2 Å². The molecular weight excluding hydrogens is 1340 g/mol. The molecule has 1 fully saturated rings. The topological polar surface area (TPSA) is 80.9 Å². The zero-order valence-electron chi connectivity index (χ0n) is 56.0. The van der Waals surface area contributed by atoms with Crippen LogP contribution in [0.3, 0.4) is 0 Å². The third-order valence-electron chi connectivity index (χ3n) is 20.7. The average Bonchev–Trinajstić information content (AvgIpc) is 1.45. The molecule has 18 aromatic rings. The van der Waals surface area contributed by atoms with Crippen LogP contribution in [0.5, 0.6) is 0 Å². The van der Waals surface area contributed by atoms with E-state index in [1.165, 1.54) is 133 Å². The Morgan fingerprint density at radius 3 is 1.10 bits per heavy atom. The molecule has 0 bridgehead atoms. The lowest BCUT2D eigenvalue weighted by Gasteiger charge is -2.32. The predicted octanol–water partition coefficient (Wildman–Crippen LogP) is 22.6. The van der Waals surface area contributed by atoms with Gasteiger partial charge in [0.05, 0.1) is 58.6 Å². The second-order valence-electron chi connectivity index (χ2n) is 26.7. The standard InChI is InChI=1S/C42H27NO2.C40H32BNO2.C8H7IO2/c1-45-42(44)35-22-12-5-15-28(35)26-23-24-37-36(25-26)39-34-21-11-10-20-33(34)38-31-18-8-6-16-29(31)30-17-7-9-19-32(30)40(38)41(39)43(37)27-13-3-2-4-14-27;1-39(2)40(3,4)44-41(43-39)25-22-23-34-33(24-25)36-32-21-13-12-20-31(32)35-29-18-10-8-16-27(29)28-17-9-11-19-30(28)37(35)38(36)42(34)26-14-6-5-7-15-26;1-11-8(10)6-4-2-3-5-7(6)9/h2-25H,1H3;5-24H,1-4H3;2-5H,1H3. The maximum atomic E-state index is 12.8. The molecule has 3 heterocycles. The number of esters is 2. The van der Waals surface area contributed by atoms with Crippen molar-refractivity contribution in [3.8, 4) is 22.5 Å². The normalized spacial score (nSPS) is 13.5. The smallest absolute Gasteiger partial charge is 0.465 e. The number of aromatic nitrogens is 2. The fourth-order valence-electron chi connectivity index (χ4n) is 15.5. The van der Waals surface area contributed by atoms with Gasteiger partial charge in [-0.1, -0.05) is 231 Å². The highest BCUT2D eigenvalue weighted by Gasteiger charge is 2.52. The quantitative estimate of drug-likeness (QED) is 0.0714. The van der Waals surface area contributed by atoms with Crippen LogP contribution in [-0.2, 0) is 18.8 Å². The van der Waals surface area contributed by atoms with Crippen molar-refractivity contribution < 1.29 is 28.4 Å². The van der Waals surface area contributed by atoms with E-state index in [9.17, 15) is 9.59 Å². The molecule has 0 radical (unpaired) electrons. The molecule has 0 aliphatic carbocycles. The van der Waals surface area contributed by atoms with Gasteiger partial charge >= 0.3 is 19.1 Å². The molecule has 0 N–H and O–H groups in total. The lowest BCUT2D eigenvalue weighted by Crippen LogP contribution is -2.41. The van der Waals surface area contributed by atoms with Gasteiger partial charge in [0.2, 0.25) is 0 Å². The monoisotopic (exact) mass is 1410 g/mol. The van der Waals surface area contributed by atoms with Gasteiger partial charge in [-0.25, -0.2) is 9.59 Å². The zero-order valence-corrected chi connectivity index (χ0v) is 58.2. The molecule has 16 aromatic carbocycles. The van der Waals surface area contributed by atoms with Gasteiger partial charge in [-0.15, -0.1) is 0 Å². The third kappa shape index (κ3) is 9.93. The Hall–Kier alpha value is -11.1. The van der Waals surface area contributed by atoms with E-state index in [1.807, 2.05) is 42.5 Å². The Kier molecular flexibility index (Phi) is 15.4. The molecule has 1 aliphatic rings. The maximum Gasteiger partial charge on any atom is 0.494 e. The van der Waals surface area contributed by atoms with E-state index in [4.69, 9.17) is 14.0 Å². The SMILES string of the molecule is CC1(C)OB(c2ccc3c(c2)c2c4ccccc4c4c5ccccc5c5ccccc5c4c2n3-c2ccccc2)OC1(C)C.COC(=O)c1ccccc1-c1ccc2c(c1)c1c3ccccc3c3c4ccccc4c4ccccc4c3c1n2-c1ccccc1.COC(=O)c1ccccc1I. The number of carbonyl (C=O) groups excluding carboxylic acids is 2. The van der Waals surface area contributed by atoms with Crippen LogP contribution in [0, 0.1) is 3.57 Å². The highest BCUT2D eigenvalue weighted by Crippen LogP contribution is 2.51.